The van der Waals surface area contributed by atoms with Crippen LogP contribution in [0.4, 0.5) is 10.5 Å². The van der Waals surface area contributed by atoms with E-state index in [0.29, 0.717) is 39.3 Å². The quantitative estimate of drug-likeness (QED) is 0.0882. The molecular weight excluding hydrogens is 594 g/mol. The number of ether oxygens (including phenoxy) is 6. The number of carbonyl (C=O) groups excluding carboxylic acids is 1. The first-order valence-electron chi connectivity index (χ1n) is 15.2. The first-order valence-corrected chi connectivity index (χ1v) is 15.2. The lowest BCUT2D eigenvalue weighted by atomic mass is 9.91. The third-order valence-corrected chi connectivity index (χ3v) is 7.71. The highest BCUT2D eigenvalue weighted by molar-refractivity contribution is 5.76. The minimum atomic E-state index is -0.667. The number of methoxy groups -OCH3 is 2. The molecule has 1 aliphatic rings. The van der Waals surface area contributed by atoms with Gasteiger partial charge in [0.25, 0.3) is 5.69 Å². The lowest BCUT2D eigenvalue weighted by Gasteiger charge is -2.37. The number of non-ortho nitro benzene ring substituents is 1. The van der Waals surface area contributed by atoms with Gasteiger partial charge in [-0.25, -0.2) is 4.79 Å². The Balaban J connectivity index is 1.73. The van der Waals surface area contributed by atoms with Crippen molar-refractivity contribution in [3.63, 3.8) is 0 Å². The molecule has 0 spiro atoms. The van der Waals surface area contributed by atoms with E-state index in [9.17, 15) is 14.9 Å². The third-order valence-electron chi connectivity index (χ3n) is 7.71. The number of nitro groups is 1. The highest BCUT2D eigenvalue weighted by atomic mass is 16.7. The molecule has 1 saturated heterocycles. The van der Waals surface area contributed by atoms with Crippen molar-refractivity contribution < 1.29 is 38.1 Å². The molecule has 0 bridgehead atoms. The van der Waals surface area contributed by atoms with E-state index >= 15 is 0 Å². The minimum Gasteiger partial charge on any atom is -0.382 e. The van der Waals surface area contributed by atoms with E-state index in [1.54, 1.807) is 31.3 Å². The van der Waals surface area contributed by atoms with Crippen LogP contribution in [0.5, 0.6) is 0 Å². The van der Waals surface area contributed by atoms with Gasteiger partial charge in [-0.3, -0.25) is 10.1 Å². The Hall–Kier alpha value is -3.91. The van der Waals surface area contributed by atoms with Crippen LogP contribution in [0, 0.1) is 10.1 Å². The smallest absolute Gasteiger partial charge is 0.318 e. The summed E-state index contributed by atoms with van der Waals surface area (Å²) in [7, 11) is 3.20. The number of amides is 2. The molecule has 3 aromatic rings. The van der Waals surface area contributed by atoms with Crippen molar-refractivity contribution in [3.8, 4) is 0 Å². The Kier molecular flexibility index (Phi) is 14.4. The molecule has 1 aliphatic heterocycles. The first-order chi connectivity index (χ1) is 22.5. The molecular formula is C34H43N3O9. The van der Waals surface area contributed by atoms with Crippen LogP contribution >= 0.6 is 0 Å². The average molecular weight is 638 g/mol. The number of hydrogen-bond acceptors (Lipinski definition) is 9. The van der Waals surface area contributed by atoms with Crippen LogP contribution in [-0.4, -0.2) is 94.4 Å². The topological polar surface area (TPSA) is 131 Å². The zero-order valence-electron chi connectivity index (χ0n) is 26.3. The second-order valence-electron chi connectivity index (χ2n) is 10.9. The maximum absolute atomic E-state index is 14.2. The van der Waals surface area contributed by atoms with Crippen molar-refractivity contribution in [2.45, 2.75) is 43.7 Å². The zero-order valence-corrected chi connectivity index (χ0v) is 26.3. The predicted molar refractivity (Wildman–Crippen MR) is 170 cm³/mol. The van der Waals surface area contributed by atoms with Crippen molar-refractivity contribution in [2.24, 2.45) is 0 Å². The summed E-state index contributed by atoms with van der Waals surface area (Å²) >= 11 is 0. The van der Waals surface area contributed by atoms with E-state index in [1.807, 2.05) is 60.7 Å². The second-order valence-corrected chi connectivity index (χ2v) is 10.9. The summed E-state index contributed by atoms with van der Waals surface area (Å²) in [4.78, 5) is 26.8. The molecule has 3 unspecified atom stereocenters. The van der Waals surface area contributed by atoms with Gasteiger partial charge in [0.15, 0.2) is 0 Å². The van der Waals surface area contributed by atoms with E-state index in [0.717, 1.165) is 16.7 Å². The summed E-state index contributed by atoms with van der Waals surface area (Å²) in [5, 5.41) is 14.5. The molecule has 2 amide bonds. The van der Waals surface area contributed by atoms with E-state index in [1.165, 1.54) is 12.1 Å². The van der Waals surface area contributed by atoms with E-state index in [2.05, 4.69) is 5.32 Å². The summed E-state index contributed by atoms with van der Waals surface area (Å²) in [5.41, 5.74) is 2.72. The lowest BCUT2D eigenvalue weighted by Crippen LogP contribution is -2.53. The van der Waals surface area contributed by atoms with E-state index in [4.69, 9.17) is 28.4 Å². The summed E-state index contributed by atoms with van der Waals surface area (Å²) < 4.78 is 34.7. The minimum absolute atomic E-state index is 0.0239. The van der Waals surface area contributed by atoms with Gasteiger partial charge in [0, 0.05) is 32.9 Å². The predicted octanol–water partition coefficient (Wildman–Crippen LogP) is 4.35. The highest BCUT2D eigenvalue weighted by Gasteiger charge is 2.45. The van der Waals surface area contributed by atoms with Gasteiger partial charge in [-0.05, 0) is 29.5 Å². The van der Waals surface area contributed by atoms with Crippen LogP contribution in [0.15, 0.2) is 84.9 Å². The molecule has 4 rings (SSSR count). The maximum atomic E-state index is 14.2. The molecule has 248 valence electrons. The molecule has 3 aromatic carbocycles. The number of benzene rings is 3. The molecule has 0 aliphatic carbocycles. The van der Waals surface area contributed by atoms with Crippen LogP contribution in [0.2, 0.25) is 0 Å². The fourth-order valence-electron chi connectivity index (χ4n) is 5.40. The molecule has 1 heterocycles. The number of rotatable bonds is 19. The number of hydrogen-bond donors (Lipinski definition) is 1. The highest BCUT2D eigenvalue weighted by Crippen LogP contribution is 2.28. The van der Waals surface area contributed by atoms with Gasteiger partial charge < -0.3 is 38.6 Å². The van der Waals surface area contributed by atoms with Crippen molar-refractivity contribution in [2.75, 3.05) is 54.2 Å². The Labute approximate surface area is 269 Å². The fourth-order valence-corrected chi connectivity index (χ4v) is 5.40. The molecule has 0 saturated carbocycles. The van der Waals surface area contributed by atoms with Crippen molar-refractivity contribution in [1.29, 1.82) is 0 Å². The monoisotopic (exact) mass is 637 g/mol. The normalized spacial score (nSPS) is 19.9. The average Bonchev–Trinajstić information content (AvgIpc) is 3.16. The van der Waals surface area contributed by atoms with Crippen molar-refractivity contribution in [1.82, 2.24) is 10.2 Å². The molecule has 0 aromatic heterocycles. The standard InChI is InChI=1S/C34H43N3O9/c1-41-17-19-43-24-45-32-30(21-26-9-5-3-6-10-26)35-34(38)36(23-28-13-15-29(16-14-28)37(39)40)31(22-27-11-7-4-8-12-27)33(32)46-25-44-20-18-42-2/h3-16,30-33H,17-25H2,1-2H3,(H,35,38)/t30-,31?,32?,33?/m1/s1. The van der Waals surface area contributed by atoms with Crippen LogP contribution in [-0.2, 0) is 47.8 Å². The van der Waals surface area contributed by atoms with Crippen LogP contribution < -0.4 is 5.32 Å². The summed E-state index contributed by atoms with van der Waals surface area (Å²) in [6, 6.07) is 24.6. The Morgan fingerprint density at radius 2 is 1.26 bits per heavy atom. The van der Waals surface area contributed by atoms with Gasteiger partial charge in [0.2, 0.25) is 0 Å². The van der Waals surface area contributed by atoms with Gasteiger partial charge in [0.05, 0.1) is 43.4 Å². The van der Waals surface area contributed by atoms with Gasteiger partial charge in [-0.2, -0.15) is 0 Å². The SMILES string of the molecule is COCCOCOC1C(OCOCCOC)[C@@H](Cc2ccccc2)NC(=O)N(Cc2ccc([N+](=O)[O-])cc2)C1Cc1ccccc1. The van der Waals surface area contributed by atoms with E-state index in [-0.39, 0.29) is 31.8 Å². The van der Waals surface area contributed by atoms with Gasteiger partial charge in [-0.15, -0.1) is 0 Å². The molecule has 1 fully saturated rings. The largest absolute Gasteiger partial charge is 0.382 e. The van der Waals surface area contributed by atoms with Gasteiger partial charge in [0.1, 0.15) is 25.8 Å². The van der Waals surface area contributed by atoms with Crippen molar-refractivity contribution >= 4 is 11.7 Å². The van der Waals surface area contributed by atoms with Crippen LogP contribution in [0.25, 0.3) is 0 Å². The Morgan fingerprint density at radius 3 is 1.80 bits per heavy atom. The van der Waals surface area contributed by atoms with Crippen LogP contribution in [0.1, 0.15) is 16.7 Å². The number of urea groups is 1. The van der Waals surface area contributed by atoms with Gasteiger partial charge >= 0.3 is 6.03 Å². The maximum Gasteiger partial charge on any atom is 0.318 e. The molecule has 0 radical (unpaired) electrons. The molecule has 4 atom stereocenters. The Morgan fingerprint density at radius 1 is 0.717 bits per heavy atom. The number of carbonyl (C=O) groups is 1. The van der Waals surface area contributed by atoms with Crippen molar-refractivity contribution in [3.05, 3.63) is 112 Å². The second kappa shape index (κ2) is 18.9. The molecule has 12 heteroatoms. The first kappa shape index (κ1) is 35.0. The van der Waals surface area contributed by atoms with Gasteiger partial charge in [-0.1, -0.05) is 72.8 Å². The third kappa shape index (κ3) is 10.6. The fraction of sp³-hybridized carbons (Fsp3) is 0.441. The zero-order chi connectivity index (χ0) is 32.6. The molecule has 1 N–H and O–H groups in total. The number of nitrogens with zero attached hydrogens (tertiary/aromatic N) is 2. The molecule has 46 heavy (non-hydrogen) atoms. The summed E-state index contributed by atoms with van der Waals surface area (Å²) in [6.45, 7) is 1.56. The number of nitro benzene ring substituents is 1. The molecule has 12 nitrogen and oxygen atoms in total. The van der Waals surface area contributed by atoms with E-state index < -0.39 is 29.2 Å². The van der Waals surface area contributed by atoms with Crippen LogP contribution in [0.3, 0.4) is 0 Å². The summed E-state index contributed by atoms with van der Waals surface area (Å²) in [6.07, 6.45) is -0.386. The summed E-state index contributed by atoms with van der Waals surface area (Å²) in [5.74, 6) is 0. The number of nitrogens with one attached hydrogen (secondary N) is 1. The Bertz CT molecular complexity index is 1310. The lowest BCUT2D eigenvalue weighted by molar-refractivity contribution is -0.384.